The average molecular weight is 439 g/mol. The third kappa shape index (κ3) is 3.77. The van der Waals surface area contributed by atoms with Gasteiger partial charge in [0.1, 0.15) is 11.6 Å². The number of aromatic nitrogens is 1. The van der Waals surface area contributed by atoms with Crippen LogP contribution in [0.15, 0.2) is 60.8 Å². The number of nitrogens with one attached hydrogen (secondary N) is 1. The van der Waals surface area contributed by atoms with Crippen molar-refractivity contribution in [3.63, 3.8) is 0 Å². The third-order valence-electron chi connectivity index (χ3n) is 5.75. The lowest BCUT2D eigenvalue weighted by Gasteiger charge is -2.23. The summed E-state index contributed by atoms with van der Waals surface area (Å²) in [5.74, 6) is -2.97. The maximum absolute atomic E-state index is 14.6. The first-order valence-corrected chi connectivity index (χ1v) is 10.3. The SMILES string of the molecule is O=C(Nc1c(-c2ccccc2F)ccnc1N1CCC(F)(F)C1)C1Cc2ccccc2O1. The molecule has 0 radical (unpaired) electrons. The molecule has 8 heteroatoms. The van der Waals surface area contributed by atoms with Crippen molar-refractivity contribution in [1.82, 2.24) is 4.98 Å². The molecule has 1 amide bonds. The van der Waals surface area contributed by atoms with Crippen molar-refractivity contribution in [2.45, 2.75) is 24.9 Å². The number of carbonyl (C=O) groups is 1. The van der Waals surface area contributed by atoms with Gasteiger partial charge in [-0.25, -0.2) is 18.2 Å². The van der Waals surface area contributed by atoms with E-state index in [1.54, 1.807) is 30.3 Å². The summed E-state index contributed by atoms with van der Waals surface area (Å²) in [7, 11) is 0. The maximum Gasteiger partial charge on any atom is 0.266 e. The van der Waals surface area contributed by atoms with Gasteiger partial charge in [0, 0.05) is 36.7 Å². The van der Waals surface area contributed by atoms with Gasteiger partial charge in [-0.05, 0) is 23.8 Å². The van der Waals surface area contributed by atoms with Crippen molar-refractivity contribution in [3.05, 3.63) is 72.2 Å². The van der Waals surface area contributed by atoms with Gasteiger partial charge < -0.3 is 15.0 Å². The lowest BCUT2D eigenvalue weighted by Crippen LogP contribution is -2.33. The van der Waals surface area contributed by atoms with Crippen molar-refractivity contribution < 1.29 is 22.7 Å². The number of alkyl halides is 2. The van der Waals surface area contributed by atoms with Gasteiger partial charge in [-0.15, -0.1) is 0 Å². The maximum atomic E-state index is 14.6. The summed E-state index contributed by atoms with van der Waals surface area (Å²) in [4.78, 5) is 18.8. The van der Waals surface area contributed by atoms with E-state index in [1.165, 1.54) is 17.2 Å². The fourth-order valence-electron chi connectivity index (χ4n) is 4.17. The zero-order valence-electron chi connectivity index (χ0n) is 17.0. The fourth-order valence-corrected chi connectivity index (χ4v) is 4.17. The van der Waals surface area contributed by atoms with Crippen LogP contribution in [0.5, 0.6) is 5.75 Å². The van der Waals surface area contributed by atoms with Crippen LogP contribution in [0.25, 0.3) is 11.1 Å². The number of hydrogen-bond acceptors (Lipinski definition) is 4. The first-order valence-electron chi connectivity index (χ1n) is 10.3. The van der Waals surface area contributed by atoms with Crippen LogP contribution in [0, 0.1) is 5.82 Å². The Kier molecular flexibility index (Phi) is 5.00. The molecule has 5 rings (SSSR count). The van der Waals surface area contributed by atoms with Crippen molar-refractivity contribution in [3.8, 4) is 16.9 Å². The van der Waals surface area contributed by atoms with Crippen LogP contribution < -0.4 is 15.0 Å². The number of pyridine rings is 1. The number of fused-ring (bicyclic) bond motifs is 1. The molecule has 3 heterocycles. The Balaban J connectivity index is 1.52. The number of ether oxygens (including phenoxy) is 1. The van der Waals surface area contributed by atoms with Gasteiger partial charge in [-0.1, -0.05) is 36.4 Å². The molecule has 1 N–H and O–H groups in total. The molecule has 1 saturated heterocycles. The first-order chi connectivity index (χ1) is 15.4. The van der Waals surface area contributed by atoms with Crippen LogP contribution >= 0.6 is 0 Å². The molecule has 164 valence electrons. The van der Waals surface area contributed by atoms with E-state index in [1.807, 2.05) is 18.2 Å². The molecule has 3 aromatic rings. The van der Waals surface area contributed by atoms with E-state index >= 15 is 0 Å². The number of carbonyl (C=O) groups excluding carboxylic acids is 1. The quantitative estimate of drug-likeness (QED) is 0.642. The molecule has 0 aliphatic carbocycles. The summed E-state index contributed by atoms with van der Waals surface area (Å²) < 4.78 is 48.2. The monoisotopic (exact) mass is 439 g/mol. The molecule has 2 aromatic carbocycles. The van der Waals surface area contributed by atoms with E-state index in [0.29, 0.717) is 17.7 Å². The molecule has 0 bridgehead atoms. The smallest absolute Gasteiger partial charge is 0.266 e. The van der Waals surface area contributed by atoms with Crippen molar-refractivity contribution in [2.75, 3.05) is 23.3 Å². The highest BCUT2D eigenvalue weighted by molar-refractivity contribution is 6.02. The number of rotatable bonds is 4. The Bertz CT molecular complexity index is 1160. The van der Waals surface area contributed by atoms with Gasteiger partial charge in [0.2, 0.25) is 0 Å². The number of amides is 1. The minimum absolute atomic E-state index is 0.0783. The standard InChI is InChI=1S/C24H20F3N3O2/c25-18-7-3-2-6-16(18)17-9-11-28-22(30-12-10-24(26,27)14-30)21(17)29-23(31)20-13-15-5-1-4-8-19(15)32-20/h1-9,11,20H,10,12-14H2,(H,29,31). The lowest BCUT2D eigenvalue weighted by molar-refractivity contribution is -0.122. The van der Waals surface area contributed by atoms with Gasteiger partial charge >= 0.3 is 0 Å². The largest absolute Gasteiger partial charge is 0.480 e. The fraction of sp³-hybridized carbons (Fsp3) is 0.250. The summed E-state index contributed by atoms with van der Waals surface area (Å²) in [6.07, 6.45) is 0.723. The van der Waals surface area contributed by atoms with Gasteiger partial charge in [0.05, 0.1) is 12.2 Å². The highest BCUT2D eigenvalue weighted by Crippen LogP contribution is 2.40. The molecule has 1 fully saturated rings. The Labute approximate surface area is 182 Å². The molecule has 5 nitrogen and oxygen atoms in total. The highest BCUT2D eigenvalue weighted by Gasteiger charge is 2.40. The van der Waals surface area contributed by atoms with Crippen LogP contribution in [0.3, 0.4) is 0 Å². The van der Waals surface area contributed by atoms with E-state index in [0.717, 1.165) is 5.56 Å². The summed E-state index contributed by atoms with van der Waals surface area (Å²) >= 11 is 0. The molecule has 32 heavy (non-hydrogen) atoms. The van der Waals surface area contributed by atoms with Crippen LogP contribution in [-0.2, 0) is 11.2 Å². The van der Waals surface area contributed by atoms with Crippen LogP contribution in [0.1, 0.15) is 12.0 Å². The number of halogens is 3. The number of nitrogens with zero attached hydrogens (tertiary/aromatic N) is 2. The predicted molar refractivity (Wildman–Crippen MR) is 115 cm³/mol. The molecule has 1 atom stereocenters. The third-order valence-corrected chi connectivity index (χ3v) is 5.75. The van der Waals surface area contributed by atoms with E-state index < -0.39 is 30.3 Å². The van der Waals surface area contributed by atoms with Gasteiger partial charge in [0.25, 0.3) is 11.8 Å². The number of para-hydroxylation sites is 1. The molecule has 1 aromatic heterocycles. The van der Waals surface area contributed by atoms with E-state index in [2.05, 4.69) is 10.3 Å². The molecule has 0 spiro atoms. The van der Waals surface area contributed by atoms with Gasteiger partial charge in [-0.2, -0.15) is 0 Å². The van der Waals surface area contributed by atoms with Crippen LogP contribution in [-0.4, -0.2) is 36.0 Å². The Morgan fingerprint density at radius 3 is 2.62 bits per heavy atom. The summed E-state index contributed by atoms with van der Waals surface area (Å²) in [5, 5.41) is 2.81. The molecular formula is C24H20F3N3O2. The zero-order valence-corrected chi connectivity index (χ0v) is 17.0. The van der Waals surface area contributed by atoms with Crippen LogP contribution in [0.4, 0.5) is 24.7 Å². The van der Waals surface area contributed by atoms with Gasteiger partial charge in [0.15, 0.2) is 11.9 Å². The minimum atomic E-state index is -2.85. The zero-order chi connectivity index (χ0) is 22.3. The second-order valence-electron chi connectivity index (χ2n) is 7.97. The lowest BCUT2D eigenvalue weighted by atomic mass is 10.0. The molecule has 2 aliphatic rings. The van der Waals surface area contributed by atoms with Crippen molar-refractivity contribution in [2.24, 2.45) is 0 Å². The molecule has 2 aliphatic heterocycles. The highest BCUT2D eigenvalue weighted by atomic mass is 19.3. The molecular weight excluding hydrogens is 419 g/mol. The summed E-state index contributed by atoms with van der Waals surface area (Å²) in [5.41, 5.74) is 1.72. The average Bonchev–Trinajstić information content (AvgIpc) is 3.37. The Hall–Kier alpha value is -3.55. The van der Waals surface area contributed by atoms with E-state index in [-0.39, 0.29) is 30.0 Å². The second-order valence-corrected chi connectivity index (χ2v) is 7.97. The topological polar surface area (TPSA) is 54.5 Å². The number of benzene rings is 2. The summed E-state index contributed by atoms with van der Waals surface area (Å²) in [6.45, 7) is -0.441. The Morgan fingerprint density at radius 2 is 1.88 bits per heavy atom. The van der Waals surface area contributed by atoms with Gasteiger partial charge in [-0.3, -0.25) is 4.79 Å². The minimum Gasteiger partial charge on any atom is -0.480 e. The Morgan fingerprint density at radius 1 is 1.09 bits per heavy atom. The molecule has 0 saturated carbocycles. The number of anilines is 2. The predicted octanol–water partition coefficient (Wildman–Crippen LogP) is 4.68. The van der Waals surface area contributed by atoms with Crippen LogP contribution in [0.2, 0.25) is 0 Å². The normalized spacial score (nSPS) is 18.8. The molecule has 1 unspecified atom stereocenters. The van der Waals surface area contributed by atoms with E-state index in [4.69, 9.17) is 4.74 Å². The van der Waals surface area contributed by atoms with Crippen molar-refractivity contribution in [1.29, 1.82) is 0 Å². The number of hydrogen-bond donors (Lipinski definition) is 1. The summed E-state index contributed by atoms with van der Waals surface area (Å²) in [6, 6.07) is 15.0. The van der Waals surface area contributed by atoms with E-state index in [9.17, 15) is 18.0 Å². The van der Waals surface area contributed by atoms with Crippen molar-refractivity contribution >= 4 is 17.4 Å². The second kappa shape index (κ2) is 7.85. The first kappa shape index (κ1) is 20.4.